The van der Waals surface area contributed by atoms with Gasteiger partial charge in [-0.1, -0.05) is 20.3 Å². The second-order valence-electron chi connectivity index (χ2n) is 5.99. The Hall–Kier alpha value is -1.71. The number of ether oxygens (including phenoxy) is 2. The quantitative estimate of drug-likeness (QED) is 0.696. The van der Waals surface area contributed by atoms with Crippen LogP contribution >= 0.6 is 0 Å². The number of rotatable bonds is 9. The summed E-state index contributed by atoms with van der Waals surface area (Å²) in [7, 11) is 0. The van der Waals surface area contributed by atoms with Crippen molar-refractivity contribution in [1.82, 2.24) is 5.32 Å². The summed E-state index contributed by atoms with van der Waals surface area (Å²) in [6.45, 7) is 11.3. The van der Waals surface area contributed by atoms with Crippen LogP contribution in [0.15, 0.2) is 18.2 Å². The first-order valence-corrected chi connectivity index (χ1v) is 8.15. The van der Waals surface area contributed by atoms with Crippen LogP contribution < -0.4 is 14.8 Å². The second-order valence-corrected chi connectivity index (χ2v) is 5.99. The monoisotopic (exact) mass is 307 g/mol. The number of amides is 1. The zero-order valence-electron chi connectivity index (χ0n) is 14.5. The van der Waals surface area contributed by atoms with Crippen molar-refractivity contribution >= 4 is 5.91 Å². The molecule has 0 heterocycles. The summed E-state index contributed by atoms with van der Waals surface area (Å²) in [5, 5.41) is 3.03. The molecule has 0 aromatic heterocycles. The highest BCUT2D eigenvalue weighted by molar-refractivity contribution is 5.95. The van der Waals surface area contributed by atoms with Crippen LogP contribution in [0.4, 0.5) is 0 Å². The van der Waals surface area contributed by atoms with E-state index in [9.17, 15) is 4.79 Å². The van der Waals surface area contributed by atoms with Crippen molar-refractivity contribution in [3.63, 3.8) is 0 Å². The van der Waals surface area contributed by atoms with E-state index in [1.54, 1.807) is 12.1 Å². The smallest absolute Gasteiger partial charge is 0.251 e. The van der Waals surface area contributed by atoms with Crippen molar-refractivity contribution in [2.75, 3.05) is 13.2 Å². The normalized spacial score (nSPS) is 11.1. The predicted molar refractivity (Wildman–Crippen MR) is 89.9 cm³/mol. The van der Waals surface area contributed by atoms with E-state index >= 15 is 0 Å². The van der Waals surface area contributed by atoms with Crippen molar-refractivity contribution in [2.24, 2.45) is 0 Å². The zero-order valence-corrected chi connectivity index (χ0v) is 14.5. The summed E-state index contributed by atoms with van der Waals surface area (Å²) < 4.78 is 11.3. The summed E-state index contributed by atoms with van der Waals surface area (Å²) >= 11 is 0. The fourth-order valence-electron chi connectivity index (χ4n) is 1.83. The summed E-state index contributed by atoms with van der Waals surface area (Å²) in [4.78, 5) is 12.3. The molecular weight excluding hydrogens is 278 g/mol. The average Bonchev–Trinajstić information content (AvgIpc) is 2.48. The standard InChI is InChI=1S/C18H29NO3/c1-6-9-12-22-15-11-10-14(13-16(15)21-8-3)17(20)19-18(4,5)7-2/h10-11,13H,6-9,12H2,1-5H3,(H,19,20). The van der Waals surface area contributed by atoms with Crippen LogP contribution in [-0.4, -0.2) is 24.7 Å². The highest BCUT2D eigenvalue weighted by Gasteiger charge is 2.20. The Morgan fingerprint density at radius 3 is 2.45 bits per heavy atom. The molecule has 124 valence electrons. The van der Waals surface area contributed by atoms with Crippen LogP contribution in [0, 0.1) is 0 Å². The van der Waals surface area contributed by atoms with Crippen LogP contribution in [0.1, 0.15) is 64.2 Å². The first kappa shape index (κ1) is 18.3. The summed E-state index contributed by atoms with van der Waals surface area (Å²) in [5.41, 5.74) is 0.368. The molecule has 1 amide bonds. The van der Waals surface area contributed by atoms with Gasteiger partial charge in [-0.2, -0.15) is 0 Å². The molecule has 0 spiro atoms. The van der Waals surface area contributed by atoms with Gasteiger partial charge in [-0.05, 0) is 51.8 Å². The molecule has 4 nitrogen and oxygen atoms in total. The maximum Gasteiger partial charge on any atom is 0.251 e. The number of hydrogen-bond acceptors (Lipinski definition) is 3. The molecule has 4 heteroatoms. The average molecular weight is 307 g/mol. The minimum Gasteiger partial charge on any atom is -0.490 e. The number of nitrogens with one attached hydrogen (secondary N) is 1. The van der Waals surface area contributed by atoms with Crippen molar-refractivity contribution < 1.29 is 14.3 Å². The molecule has 0 unspecified atom stereocenters. The summed E-state index contributed by atoms with van der Waals surface area (Å²) in [6.07, 6.45) is 2.95. The van der Waals surface area contributed by atoms with Crippen LogP contribution in [-0.2, 0) is 0 Å². The maximum absolute atomic E-state index is 12.3. The van der Waals surface area contributed by atoms with Gasteiger partial charge in [0.05, 0.1) is 13.2 Å². The number of carbonyl (C=O) groups excluding carboxylic acids is 1. The van der Waals surface area contributed by atoms with Crippen molar-refractivity contribution in [1.29, 1.82) is 0 Å². The van der Waals surface area contributed by atoms with E-state index in [-0.39, 0.29) is 11.4 Å². The van der Waals surface area contributed by atoms with E-state index in [0.717, 1.165) is 19.3 Å². The van der Waals surface area contributed by atoms with Gasteiger partial charge in [0.25, 0.3) is 5.91 Å². The van der Waals surface area contributed by atoms with Crippen molar-refractivity contribution in [3.8, 4) is 11.5 Å². The van der Waals surface area contributed by atoms with E-state index < -0.39 is 0 Å². The van der Waals surface area contributed by atoms with Gasteiger partial charge in [0.1, 0.15) is 0 Å². The van der Waals surface area contributed by atoms with E-state index in [1.807, 2.05) is 26.8 Å². The lowest BCUT2D eigenvalue weighted by molar-refractivity contribution is 0.0910. The third kappa shape index (κ3) is 5.58. The van der Waals surface area contributed by atoms with Gasteiger partial charge in [0, 0.05) is 11.1 Å². The Labute approximate surface area is 134 Å². The molecule has 0 saturated heterocycles. The maximum atomic E-state index is 12.3. The molecule has 0 aliphatic heterocycles. The lowest BCUT2D eigenvalue weighted by Gasteiger charge is -2.24. The van der Waals surface area contributed by atoms with Crippen LogP contribution in [0.2, 0.25) is 0 Å². The van der Waals surface area contributed by atoms with Gasteiger partial charge >= 0.3 is 0 Å². The van der Waals surface area contributed by atoms with Gasteiger partial charge in [0.15, 0.2) is 11.5 Å². The van der Waals surface area contributed by atoms with Crippen LogP contribution in [0.5, 0.6) is 11.5 Å². The minimum atomic E-state index is -0.223. The number of unbranched alkanes of at least 4 members (excludes halogenated alkanes) is 1. The molecule has 1 aromatic carbocycles. The first-order chi connectivity index (χ1) is 10.4. The van der Waals surface area contributed by atoms with E-state index in [4.69, 9.17) is 9.47 Å². The number of carbonyl (C=O) groups is 1. The summed E-state index contributed by atoms with van der Waals surface area (Å²) in [5.74, 6) is 1.23. The SMILES string of the molecule is CCCCOc1ccc(C(=O)NC(C)(C)CC)cc1OCC. The fourth-order valence-corrected chi connectivity index (χ4v) is 1.83. The molecule has 0 radical (unpaired) electrons. The van der Waals surface area contributed by atoms with Gasteiger partial charge in [0.2, 0.25) is 0 Å². The first-order valence-electron chi connectivity index (χ1n) is 8.15. The fraction of sp³-hybridized carbons (Fsp3) is 0.611. The van der Waals surface area contributed by atoms with Gasteiger partial charge < -0.3 is 14.8 Å². The molecule has 0 saturated carbocycles. The van der Waals surface area contributed by atoms with Crippen LogP contribution in [0.25, 0.3) is 0 Å². The number of hydrogen-bond donors (Lipinski definition) is 1. The molecular formula is C18H29NO3. The lowest BCUT2D eigenvalue weighted by Crippen LogP contribution is -2.42. The third-order valence-corrected chi connectivity index (χ3v) is 3.60. The third-order valence-electron chi connectivity index (χ3n) is 3.60. The van der Waals surface area contributed by atoms with Crippen molar-refractivity contribution in [3.05, 3.63) is 23.8 Å². The molecule has 22 heavy (non-hydrogen) atoms. The van der Waals surface area contributed by atoms with Crippen molar-refractivity contribution in [2.45, 2.75) is 59.4 Å². The zero-order chi connectivity index (χ0) is 16.6. The molecule has 1 N–H and O–H groups in total. The Balaban J connectivity index is 2.89. The van der Waals surface area contributed by atoms with Gasteiger partial charge in [-0.15, -0.1) is 0 Å². The molecule has 0 bridgehead atoms. The van der Waals surface area contributed by atoms with E-state index in [0.29, 0.717) is 30.3 Å². The highest BCUT2D eigenvalue weighted by Crippen LogP contribution is 2.29. The molecule has 0 aliphatic rings. The lowest BCUT2D eigenvalue weighted by atomic mass is 10.0. The number of benzene rings is 1. The highest BCUT2D eigenvalue weighted by atomic mass is 16.5. The minimum absolute atomic E-state index is 0.0899. The Morgan fingerprint density at radius 2 is 1.86 bits per heavy atom. The largest absolute Gasteiger partial charge is 0.490 e. The topological polar surface area (TPSA) is 47.6 Å². The molecule has 0 atom stereocenters. The Kier molecular flexibility index (Phi) is 7.22. The molecule has 0 aliphatic carbocycles. The molecule has 0 fully saturated rings. The van der Waals surface area contributed by atoms with E-state index in [2.05, 4.69) is 19.2 Å². The Bertz CT molecular complexity index is 483. The van der Waals surface area contributed by atoms with Gasteiger partial charge in [-0.3, -0.25) is 4.79 Å². The van der Waals surface area contributed by atoms with E-state index in [1.165, 1.54) is 0 Å². The predicted octanol–water partition coefficient (Wildman–Crippen LogP) is 4.18. The second kappa shape index (κ2) is 8.66. The Morgan fingerprint density at radius 1 is 1.14 bits per heavy atom. The molecule has 1 aromatic rings. The molecule has 1 rings (SSSR count). The van der Waals surface area contributed by atoms with Gasteiger partial charge in [-0.25, -0.2) is 0 Å². The summed E-state index contributed by atoms with van der Waals surface area (Å²) in [6, 6.07) is 5.35. The van der Waals surface area contributed by atoms with Crippen LogP contribution in [0.3, 0.4) is 0 Å².